The van der Waals surface area contributed by atoms with Crippen LogP contribution in [-0.2, 0) is 11.2 Å². The van der Waals surface area contributed by atoms with Gasteiger partial charge in [0.25, 0.3) is 0 Å². The van der Waals surface area contributed by atoms with Gasteiger partial charge in [0.05, 0.1) is 13.2 Å². The van der Waals surface area contributed by atoms with Crippen molar-refractivity contribution in [3.05, 3.63) is 65.7 Å². The van der Waals surface area contributed by atoms with Gasteiger partial charge < -0.3 is 15.0 Å². The summed E-state index contributed by atoms with van der Waals surface area (Å²) in [5.41, 5.74) is 4.65. The number of para-hydroxylation sites is 1. The number of benzene rings is 2. The van der Waals surface area contributed by atoms with Gasteiger partial charge in [-0.25, -0.2) is 9.97 Å². The minimum atomic E-state index is 0.727. The van der Waals surface area contributed by atoms with Crippen molar-refractivity contribution in [2.75, 3.05) is 36.5 Å². The molecule has 1 fully saturated rings. The number of anilines is 3. The number of nitrogens with one attached hydrogen (secondary N) is 1. The van der Waals surface area contributed by atoms with Crippen LogP contribution in [0.3, 0.4) is 0 Å². The van der Waals surface area contributed by atoms with Crippen molar-refractivity contribution in [1.29, 1.82) is 0 Å². The van der Waals surface area contributed by atoms with Crippen LogP contribution in [-0.4, -0.2) is 36.3 Å². The van der Waals surface area contributed by atoms with E-state index in [9.17, 15) is 0 Å². The van der Waals surface area contributed by atoms with Crippen LogP contribution < -0.4 is 10.2 Å². The molecule has 28 heavy (non-hydrogen) atoms. The lowest BCUT2D eigenvalue weighted by molar-refractivity contribution is 0.122. The van der Waals surface area contributed by atoms with E-state index in [4.69, 9.17) is 14.7 Å². The Bertz CT molecular complexity index is 937. The van der Waals surface area contributed by atoms with Crippen LogP contribution in [0.5, 0.6) is 0 Å². The molecule has 5 heteroatoms. The van der Waals surface area contributed by atoms with Crippen molar-refractivity contribution in [2.45, 2.75) is 20.3 Å². The van der Waals surface area contributed by atoms with Crippen molar-refractivity contribution in [2.24, 2.45) is 0 Å². The Labute approximate surface area is 166 Å². The molecular formula is C23H26N4O. The number of morpholine rings is 1. The van der Waals surface area contributed by atoms with E-state index >= 15 is 0 Å². The second kappa shape index (κ2) is 8.40. The molecule has 0 atom stereocenters. The Balaban J connectivity index is 1.76. The molecule has 2 heterocycles. The Hall–Kier alpha value is -2.92. The summed E-state index contributed by atoms with van der Waals surface area (Å²) in [6.45, 7) is 7.44. The van der Waals surface area contributed by atoms with Gasteiger partial charge in [-0.3, -0.25) is 0 Å². The summed E-state index contributed by atoms with van der Waals surface area (Å²) in [6, 6.07) is 18.6. The van der Waals surface area contributed by atoms with E-state index in [0.29, 0.717) is 0 Å². The minimum absolute atomic E-state index is 0.727. The van der Waals surface area contributed by atoms with Crippen molar-refractivity contribution in [3.8, 4) is 11.4 Å². The molecule has 1 saturated heterocycles. The van der Waals surface area contributed by atoms with Crippen LogP contribution in [0.1, 0.15) is 18.1 Å². The normalized spacial score (nSPS) is 14.1. The predicted octanol–water partition coefficient (Wildman–Crippen LogP) is 4.59. The summed E-state index contributed by atoms with van der Waals surface area (Å²) in [5.74, 6) is 2.49. The SMILES string of the molecule is CCc1cccc(C)c1Nc1cc(N2CCOCC2)nc(-c2ccccc2)n1. The van der Waals surface area contributed by atoms with Crippen LogP contribution in [0.25, 0.3) is 11.4 Å². The quantitative estimate of drug-likeness (QED) is 0.708. The molecule has 0 bridgehead atoms. The molecule has 3 aromatic rings. The summed E-state index contributed by atoms with van der Waals surface area (Å²) in [4.78, 5) is 11.9. The number of hydrogen-bond acceptors (Lipinski definition) is 5. The summed E-state index contributed by atoms with van der Waals surface area (Å²) in [6.07, 6.45) is 0.969. The Morgan fingerprint density at radius 3 is 2.54 bits per heavy atom. The second-order valence-corrected chi connectivity index (χ2v) is 6.99. The van der Waals surface area contributed by atoms with Gasteiger partial charge in [-0.05, 0) is 24.5 Å². The molecule has 4 rings (SSSR count). The summed E-state index contributed by atoms with van der Waals surface area (Å²) < 4.78 is 5.51. The van der Waals surface area contributed by atoms with E-state index < -0.39 is 0 Å². The predicted molar refractivity (Wildman–Crippen MR) is 114 cm³/mol. The molecule has 0 radical (unpaired) electrons. The van der Waals surface area contributed by atoms with E-state index in [-0.39, 0.29) is 0 Å². The van der Waals surface area contributed by atoms with E-state index in [1.807, 2.05) is 36.4 Å². The molecule has 144 valence electrons. The highest BCUT2D eigenvalue weighted by atomic mass is 16.5. The van der Waals surface area contributed by atoms with Crippen molar-refractivity contribution in [3.63, 3.8) is 0 Å². The molecule has 0 amide bonds. The van der Waals surface area contributed by atoms with Crippen molar-refractivity contribution in [1.82, 2.24) is 9.97 Å². The lowest BCUT2D eigenvalue weighted by Gasteiger charge is -2.28. The van der Waals surface area contributed by atoms with Crippen molar-refractivity contribution >= 4 is 17.3 Å². The number of aromatic nitrogens is 2. The fraction of sp³-hybridized carbons (Fsp3) is 0.304. The zero-order valence-electron chi connectivity index (χ0n) is 16.5. The average molecular weight is 374 g/mol. The topological polar surface area (TPSA) is 50.3 Å². The first kappa shape index (κ1) is 18.4. The third-order valence-corrected chi connectivity index (χ3v) is 5.07. The smallest absolute Gasteiger partial charge is 0.163 e. The van der Waals surface area contributed by atoms with E-state index in [1.165, 1.54) is 11.1 Å². The first-order valence-electron chi connectivity index (χ1n) is 9.87. The molecule has 1 aliphatic rings. The molecule has 2 aromatic carbocycles. The van der Waals surface area contributed by atoms with Gasteiger partial charge in [0, 0.05) is 30.4 Å². The summed E-state index contributed by atoms with van der Waals surface area (Å²) in [7, 11) is 0. The zero-order valence-corrected chi connectivity index (χ0v) is 16.5. The van der Waals surface area contributed by atoms with Crippen molar-refractivity contribution < 1.29 is 4.74 Å². The molecule has 0 saturated carbocycles. The molecule has 1 N–H and O–H groups in total. The maximum Gasteiger partial charge on any atom is 0.163 e. The fourth-order valence-electron chi connectivity index (χ4n) is 3.50. The summed E-state index contributed by atoms with van der Waals surface area (Å²) in [5, 5.41) is 3.57. The first-order valence-corrected chi connectivity index (χ1v) is 9.87. The van der Waals surface area contributed by atoms with Crippen LogP contribution in [0.15, 0.2) is 54.6 Å². The average Bonchev–Trinajstić information content (AvgIpc) is 2.76. The lowest BCUT2D eigenvalue weighted by Crippen LogP contribution is -2.36. The molecule has 5 nitrogen and oxygen atoms in total. The zero-order chi connectivity index (χ0) is 19.3. The van der Waals surface area contributed by atoms with Crippen LogP contribution in [0.4, 0.5) is 17.3 Å². The van der Waals surface area contributed by atoms with Gasteiger partial charge in [-0.2, -0.15) is 0 Å². The number of rotatable bonds is 5. The van der Waals surface area contributed by atoms with Gasteiger partial charge in [0.15, 0.2) is 5.82 Å². The molecule has 0 unspecified atom stereocenters. The van der Waals surface area contributed by atoms with E-state index in [2.05, 4.69) is 42.3 Å². The maximum atomic E-state index is 5.51. The number of aryl methyl sites for hydroxylation is 2. The Morgan fingerprint density at radius 2 is 1.79 bits per heavy atom. The van der Waals surface area contributed by atoms with Crippen LogP contribution in [0.2, 0.25) is 0 Å². The second-order valence-electron chi connectivity index (χ2n) is 6.99. The lowest BCUT2D eigenvalue weighted by atomic mass is 10.1. The highest BCUT2D eigenvalue weighted by molar-refractivity contribution is 5.69. The minimum Gasteiger partial charge on any atom is -0.378 e. The maximum absolute atomic E-state index is 5.51. The Kier molecular flexibility index (Phi) is 5.53. The van der Waals surface area contributed by atoms with E-state index in [1.54, 1.807) is 0 Å². The standard InChI is InChI=1S/C23H26N4O/c1-3-18-11-7-8-17(2)22(18)24-20-16-21(27-12-14-28-15-13-27)26-23(25-20)19-9-5-4-6-10-19/h4-11,16H,3,12-15H2,1-2H3,(H,24,25,26). The van der Waals surface area contributed by atoms with Gasteiger partial charge in [0.2, 0.25) is 0 Å². The van der Waals surface area contributed by atoms with Gasteiger partial charge in [0.1, 0.15) is 11.6 Å². The monoisotopic (exact) mass is 374 g/mol. The van der Waals surface area contributed by atoms with E-state index in [0.717, 1.165) is 61.4 Å². The third kappa shape index (κ3) is 3.99. The summed E-state index contributed by atoms with van der Waals surface area (Å²) >= 11 is 0. The molecule has 1 aliphatic heterocycles. The fourth-order valence-corrected chi connectivity index (χ4v) is 3.50. The third-order valence-electron chi connectivity index (χ3n) is 5.07. The first-order chi connectivity index (χ1) is 13.7. The molecule has 1 aromatic heterocycles. The number of hydrogen-bond donors (Lipinski definition) is 1. The highest BCUT2D eigenvalue weighted by Crippen LogP contribution is 2.28. The molecule has 0 aliphatic carbocycles. The van der Waals surface area contributed by atoms with Crippen LogP contribution in [0, 0.1) is 6.92 Å². The van der Waals surface area contributed by atoms with Gasteiger partial charge in [-0.15, -0.1) is 0 Å². The Morgan fingerprint density at radius 1 is 1.00 bits per heavy atom. The van der Waals surface area contributed by atoms with Gasteiger partial charge >= 0.3 is 0 Å². The molecule has 0 spiro atoms. The number of nitrogens with zero attached hydrogens (tertiary/aromatic N) is 3. The van der Waals surface area contributed by atoms with Crippen LogP contribution >= 0.6 is 0 Å². The highest BCUT2D eigenvalue weighted by Gasteiger charge is 2.16. The number of ether oxygens (including phenoxy) is 1. The largest absolute Gasteiger partial charge is 0.378 e. The van der Waals surface area contributed by atoms with Gasteiger partial charge in [-0.1, -0.05) is 55.5 Å². The molecular weight excluding hydrogens is 348 g/mol.